The Morgan fingerprint density at radius 1 is 0.923 bits per heavy atom. The maximum atomic E-state index is 11.9. The van der Waals surface area contributed by atoms with Crippen LogP contribution in [0.4, 0.5) is 9.59 Å². The molecule has 0 heterocycles. The highest BCUT2D eigenvalue weighted by molar-refractivity contribution is 6.01. The monoisotopic (exact) mass is 371 g/mol. The van der Waals surface area contributed by atoms with Crippen molar-refractivity contribution in [2.45, 2.75) is 59.7 Å². The molecule has 0 aliphatic heterocycles. The van der Waals surface area contributed by atoms with Gasteiger partial charge in [-0.2, -0.15) is 0 Å². The average Bonchev–Trinajstić information content (AvgIpc) is 2.38. The molecule has 0 saturated carbocycles. The second kappa shape index (κ2) is 9.79. The van der Waals surface area contributed by atoms with Crippen LogP contribution in [0.25, 0.3) is 0 Å². The number of hydrogen-bond acceptors (Lipinski definition) is 7. The van der Waals surface area contributed by atoms with Gasteiger partial charge in [0.2, 0.25) is 5.96 Å². The quantitative estimate of drug-likeness (QED) is 0.196. The van der Waals surface area contributed by atoms with Crippen LogP contribution >= 0.6 is 0 Å². The van der Waals surface area contributed by atoms with Crippen molar-refractivity contribution in [3.05, 3.63) is 12.2 Å². The topological polar surface area (TPSA) is 115 Å². The number of ether oxygens (including phenoxy) is 3. The molecule has 0 rings (SSSR count). The van der Waals surface area contributed by atoms with Gasteiger partial charge in [-0.05, 0) is 48.5 Å². The molecule has 148 valence electrons. The predicted octanol–water partition coefficient (Wildman–Crippen LogP) is 2.51. The van der Waals surface area contributed by atoms with Crippen LogP contribution in [0.3, 0.4) is 0 Å². The van der Waals surface area contributed by atoms with Crippen LogP contribution in [0.15, 0.2) is 17.1 Å². The number of nitrogens with zero attached hydrogens (tertiary/aromatic N) is 1. The van der Waals surface area contributed by atoms with Gasteiger partial charge in [0.1, 0.15) is 17.8 Å². The predicted molar refractivity (Wildman–Crippen MR) is 96.8 cm³/mol. The smallest absolute Gasteiger partial charge is 0.414 e. The van der Waals surface area contributed by atoms with E-state index in [1.54, 1.807) is 41.5 Å². The molecule has 0 unspecified atom stereocenters. The zero-order chi connectivity index (χ0) is 20.5. The van der Waals surface area contributed by atoms with E-state index in [2.05, 4.69) is 22.2 Å². The molecule has 0 atom stereocenters. The maximum absolute atomic E-state index is 11.9. The molecule has 0 saturated heterocycles. The minimum absolute atomic E-state index is 0.0000505. The van der Waals surface area contributed by atoms with Crippen molar-refractivity contribution < 1.29 is 28.6 Å². The molecule has 0 fully saturated rings. The lowest BCUT2D eigenvalue weighted by atomic mass is 10.2. The Bertz CT molecular complexity index is 538. The molecule has 9 heteroatoms. The second-order valence-electron chi connectivity index (χ2n) is 7.40. The summed E-state index contributed by atoms with van der Waals surface area (Å²) in [7, 11) is 0. The SMILES string of the molecule is C=C(C)C(=O)OCCN=C(NC(=O)OC(C)(C)C)NC(=O)OC(C)(C)C. The van der Waals surface area contributed by atoms with Crippen LogP contribution in [-0.4, -0.2) is 48.5 Å². The molecule has 0 aliphatic rings. The van der Waals surface area contributed by atoms with Gasteiger partial charge >= 0.3 is 18.2 Å². The van der Waals surface area contributed by atoms with E-state index >= 15 is 0 Å². The normalized spacial score (nSPS) is 11.0. The van der Waals surface area contributed by atoms with E-state index < -0.39 is 29.4 Å². The van der Waals surface area contributed by atoms with Crippen molar-refractivity contribution in [3.63, 3.8) is 0 Å². The summed E-state index contributed by atoms with van der Waals surface area (Å²) in [5.41, 5.74) is -1.19. The van der Waals surface area contributed by atoms with Crippen molar-refractivity contribution in [2.24, 2.45) is 4.99 Å². The summed E-state index contributed by atoms with van der Waals surface area (Å²) in [5.74, 6) is -0.734. The molecule has 0 spiro atoms. The molecule has 2 N–H and O–H groups in total. The first-order chi connectivity index (χ1) is 11.7. The Hall–Kier alpha value is -2.58. The van der Waals surface area contributed by atoms with E-state index in [-0.39, 0.29) is 24.7 Å². The number of aliphatic imine (C=N–C) groups is 1. The van der Waals surface area contributed by atoms with Crippen LogP contribution in [-0.2, 0) is 19.0 Å². The highest BCUT2D eigenvalue weighted by atomic mass is 16.6. The second-order valence-corrected chi connectivity index (χ2v) is 7.40. The first-order valence-corrected chi connectivity index (χ1v) is 8.07. The van der Waals surface area contributed by atoms with Gasteiger partial charge in [0.05, 0.1) is 6.54 Å². The van der Waals surface area contributed by atoms with Gasteiger partial charge in [0, 0.05) is 5.57 Å². The number of guanidine groups is 1. The molecule has 0 aliphatic carbocycles. The fraction of sp³-hybridized carbons (Fsp3) is 0.647. The van der Waals surface area contributed by atoms with E-state index in [0.717, 1.165) is 0 Å². The Morgan fingerprint density at radius 2 is 1.35 bits per heavy atom. The fourth-order valence-electron chi connectivity index (χ4n) is 1.33. The third kappa shape index (κ3) is 12.8. The lowest BCUT2D eigenvalue weighted by molar-refractivity contribution is -0.138. The van der Waals surface area contributed by atoms with E-state index in [1.165, 1.54) is 6.92 Å². The van der Waals surface area contributed by atoms with Gasteiger partial charge in [-0.3, -0.25) is 10.6 Å². The summed E-state index contributed by atoms with van der Waals surface area (Å²) in [6.45, 7) is 15.1. The summed E-state index contributed by atoms with van der Waals surface area (Å²) in [5, 5.41) is 4.64. The van der Waals surface area contributed by atoms with Gasteiger partial charge in [-0.25, -0.2) is 19.4 Å². The third-order valence-electron chi connectivity index (χ3n) is 2.18. The van der Waals surface area contributed by atoms with Gasteiger partial charge in [-0.1, -0.05) is 6.58 Å². The largest absolute Gasteiger partial charge is 0.460 e. The first-order valence-electron chi connectivity index (χ1n) is 8.07. The summed E-state index contributed by atoms with van der Waals surface area (Å²) in [4.78, 5) is 39.0. The molecule has 0 bridgehead atoms. The molecule has 9 nitrogen and oxygen atoms in total. The molecule has 0 aromatic heterocycles. The van der Waals surface area contributed by atoms with E-state index in [1.807, 2.05) is 0 Å². The Labute approximate surface area is 154 Å². The van der Waals surface area contributed by atoms with E-state index in [0.29, 0.717) is 0 Å². The summed E-state index contributed by atoms with van der Waals surface area (Å²) < 4.78 is 15.1. The standard InChI is InChI=1S/C17H29N3O6/c1-11(2)12(21)24-10-9-18-13(19-14(22)25-16(3,4)5)20-15(23)26-17(6,7)8/h1,9-10H2,2-8H3,(H2,18,19,20,22,23). The highest BCUT2D eigenvalue weighted by Gasteiger charge is 2.21. The summed E-state index contributed by atoms with van der Waals surface area (Å²) in [6.07, 6.45) is -1.60. The molecular weight excluding hydrogens is 342 g/mol. The molecule has 0 aromatic carbocycles. The van der Waals surface area contributed by atoms with Gasteiger partial charge in [0.15, 0.2) is 0 Å². The van der Waals surface area contributed by atoms with Gasteiger partial charge in [0.25, 0.3) is 0 Å². The Morgan fingerprint density at radius 3 is 1.69 bits per heavy atom. The lowest BCUT2D eigenvalue weighted by Gasteiger charge is -2.22. The first kappa shape index (κ1) is 23.4. The summed E-state index contributed by atoms with van der Waals surface area (Å²) in [6, 6.07) is 0. The van der Waals surface area contributed by atoms with Crippen molar-refractivity contribution in [3.8, 4) is 0 Å². The fourth-order valence-corrected chi connectivity index (χ4v) is 1.33. The maximum Gasteiger partial charge on any atom is 0.414 e. The average molecular weight is 371 g/mol. The van der Waals surface area contributed by atoms with E-state index in [9.17, 15) is 14.4 Å². The van der Waals surface area contributed by atoms with Crippen molar-refractivity contribution >= 4 is 24.1 Å². The van der Waals surface area contributed by atoms with Crippen LogP contribution in [0.1, 0.15) is 48.5 Å². The molecule has 0 aromatic rings. The zero-order valence-corrected chi connectivity index (χ0v) is 16.5. The minimum atomic E-state index is -0.800. The third-order valence-corrected chi connectivity index (χ3v) is 2.18. The highest BCUT2D eigenvalue weighted by Crippen LogP contribution is 2.07. The van der Waals surface area contributed by atoms with Gasteiger partial charge < -0.3 is 14.2 Å². The minimum Gasteiger partial charge on any atom is -0.460 e. The number of carbonyl (C=O) groups is 3. The van der Waals surface area contributed by atoms with Crippen molar-refractivity contribution in [1.82, 2.24) is 10.6 Å². The van der Waals surface area contributed by atoms with Crippen molar-refractivity contribution in [1.29, 1.82) is 0 Å². The molecular formula is C17H29N3O6. The number of esters is 1. The molecule has 26 heavy (non-hydrogen) atoms. The lowest BCUT2D eigenvalue weighted by Crippen LogP contribution is -2.47. The van der Waals surface area contributed by atoms with Crippen LogP contribution in [0.5, 0.6) is 0 Å². The Kier molecular flexibility index (Phi) is 8.82. The number of amides is 2. The number of alkyl carbamates (subject to hydrolysis) is 2. The molecule has 2 amide bonds. The van der Waals surface area contributed by atoms with Gasteiger partial charge in [-0.15, -0.1) is 0 Å². The van der Waals surface area contributed by atoms with Crippen molar-refractivity contribution in [2.75, 3.05) is 13.2 Å². The van der Waals surface area contributed by atoms with Crippen LogP contribution in [0, 0.1) is 0 Å². The summed E-state index contributed by atoms with van der Waals surface area (Å²) >= 11 is 0. The number of carbonyl (C=O) groups excluding carboxylic acids is 3. The molecule has 0 radical (unpaired) electrons. The number of hydrogen-bond donors (Lipinski definition) is 2. The number of rotatable bonds is 4. The van der Waals surface area contributed by atoms with Crippen LogP contribution in [0.2, 0.25) is 0 Å². The van der Waals surface area contributed by atoms with Crippen LogP contribution < -0.4 is 10.6 Å². The zero-order valence-electron chi connectivity index (χ0n) is 16.5. The Balaban J connectivity index is 4.89. The van der Waals surface area contributed by atoms with E-state index in [4.69, 9.17) is 14.2 Å². The number of nitrogens with one attached hydrogen (secondary N) is 2.